The molecule has 4 aromatic rings. The van der Waals surface area contributed by atoms with Crippen LogP contribution in [0.3, 0.4) is 0 Å². The summed E-state index contributed by atoms with van der Waals surface area (Å²) in [6, 6.07) is 10.6. The van der Waals surface area contributed by atoms with Crippen molar-refractivity contribution >= 4 is 23.9 Å². The van der Waals surface area contributed by atoms with E-state index in [1.54, 1.807) is 39.0 Å². The van der Waals surface area contributed by atoms with Gasteiger partial charge in [0.2, 0.25) is 0 Å². The Bertz CT molecular complexity index is 1520. The summed E-state index contributed by atoms with van der Waals surface area (Å²) < 4.78 is 18.0. The molecule has 4 rings (SSSR count). The second-order valence-electron chi connectivity index (χ2n) is 13.3. The fourth-order valence-corrected chi connectivity index (χ4v) is 5.93. The third-order valence-electron chi connectivity index (χ3n) is 9.27. The molecule has 0 saturated heterocycles. The SMILES string of the molecule is CCCCCCOc1ccc(-c2nc(-c3ccc(OCCCCCC)c(C)c3O)nc(-c3ccc(OCCCCCC)c(C)c3O)n2)c(O)c1C.[Sn]. The van der Waals surface area contributed by atoms with Crippen molar-refractivity contribution in [2.24, 2.45) is 0 Å². The number of rotatable bonds is 21. The van der Waals surface area contributed by atoms with Crippen LogP contribution in [0.2, 0.25) is 0 Å². The third-order valence-corrected chi connectivity index (χ3v) is 9.27. The molecule has 0 atom stereocenters. The van der Waals surface area contributed by atoms with E-state index in [0.29, 0.717) is 70.4 Å². The molecule has 0 aliphatic carbocycles. The first-order chi connectivity index (χ1) is 24.7. The first-order valence-corrected chi connectivity index (χ1v) is 18.8. The Labute approximate surface area is 327 Å². The summed E-state index contributed by atoms with van der Waals surface area (Å²) in [4.78, 5) is 14.3. The molecule has 10 heteroatoms. The van der Waals surface area contributed by atoms with E-state index in [4.69, 9.17) is 29.2 Å². The maximum Gasteiger partial charge on any atom is 0.167 e. The zero-order chi connectivity index (χ0) is 36.8. The Morgan fingerprint density at radius 2 is 0.692 bits per heavy atom. The minimum absolute atomic E-state index is 0. The van der Waals surface area contributed by atoms with Gasteiger partial charge < -0.3 is 29.5 Å². The van der Waals surface area contributed by atoms with Gasteiger partial charge in [-0.25, -0.2) is 15.0 Å². The van der Waals surface area contributed by atoms with Crippen molar-refractivity contribution in [1.82, 2.24) is 15.0 Å². The van der Waals surface area contributed by atoms with E-state index < -0.39 is 0 Å². The average Bonchev–Trinajstić information content (AvgIpc) is 3.13. The molecule has 280 valence electrons. The molecule has 0 spiro atoms. The summed E-state index contributed by atoms with van der Waals surface area (Å²) in [5.41, 5.74) is 2.85. The molecule has 1 heterocycles. The predicted octanol–water partition coefficient (Wildman–Crippen LogP) is 10.4. The summed E-state index contributed by atoms with van der Waals surface area (Å²) >= 11 is 0. The first kappa shape index (κ1) is 42.7. The van der Waals surface area contributed by atoms with Crippen molar-refractivity contribution in [1.29, 1.82) is 0 Å². The Morgan fingerprint density at radius 1 is 0.423 bits per heavy atom. The van der Waals surface area contributed by atoms with E-state index in [0.717, 1.165) is 77.0 Å². The van der Waals surface area contributed by atoms with Crippen LogP contribution >= 0.6 is 0 Å². The second kappa shape index (κ2) is 21.7. The van der Waals surface area contributed by atoms with Crippen LogP contribution in [0.5, 0.6) is 34.5 Å². The molecule has 4 radical (unpaired) electrons. The molecular weight excluding hydrogens is 761 g/mol. The number of phenolic OH excluding ortho intramolecular Hbond substituents is 3. The third kappa shape index (κ3) is 11.1. The molecule has 0 aliphatic rings. The molecule has 9 nitrogen and oxygen atoms in total. The van der Waals surface area contributed by atoms with Gasteiger partial charge in [-0.15, -0.1) is 0 Å². The normalized spacial score (nSPS) is 11.0. The quantitative estimate of drug-likeness (QED) is 0.0556. The number of aromatic hydroxyl groups is 3. The van der Waals surface area contributed by atoms with Gasteiger partial charge in [-0.2, -0.15) is 0 Å². The van der Waals surface area contributed by atoms with Crippen LogP contribution < -0.4 is 14.2 Å². The van der Waals surface area contributed by atoms with Crippen LogP contribution in [0.4, 0.5) is 0 Å². The molecule has 3 N–H and O–H groups in total. The van der Waals surface area contributed by atoms with Gasteiger partial charge in [0.25, 0.3) is 0 Å². The van der Waals surface area contributed by atoms with Crippen molar-refractivity contribution in [3.63, 3.8) is 0 Å². The van der Waals surface area contributed by atoms with E-state index >= 15 is 0 Å². The number of hydrogen-bond acceptors (Lipinski definition) is 9. The van der Waals surface area contributed by atoms with E-state index in [9.17, 15) is 15.3 Å². The van der Waals surface area contributed by atoms with Crippen LogP contribution in [0, 0.1) is 20.8 Å². The van der Waals surface area contributed by atoms with Gasteiger partial charge in [0.05, 0.1) is 36.5 Å². The number of aromatic nitrogens is 3. The van der Waals surface area contributed by atoms with Crippen LogP contribution in [-0.4, -0.2) is 74.0 Å². The summed E-state index contributed by atoms with van der Waals surface area (Å²) in [5, 5.41) is 34.3. The second-order valence-corrected chi connectivity index (χ2v) is 13.3. The van der Waals surface area contributed by atoms with Crippen LogP contribution in [0.1, 0.15) is 115 Å². The minimum atomic E-state index is -0.0106. The molecule has 3 aromatic carbocycles. The standard InChI is InChI=1S/C42H57N3O6.Sn/c1-7-10-13-16-25-49-34-22-19-31(37(46)28(34)4)40-43-41(32-20-23-35(29(5)38(32)47)50-26-17-14-11-8-2)45-42(44-40)33-21-24-36(30(6)39(33)48)51-27-18-15-12-9-3;/h19-24,46-48H,7-18,25-27H2,1-6H3;. The average molecular weight is 819 g/mol. The van der Waals surface area contributed by atoms with Gasteiger partial charge in [0, 0.05) is 40.6 Å². The molecule has 0 fully saturated rings. The van der Waals surface area contributed by atoms with Crippen molar-refractivity contribution in [3.05, 3.63) is 53.1 Å². The number of unbranched alkanes of at least 4 members (excludes halogenated alkanes) is 9. The number of hydrogen-bond donors (Lipinski definition) is 3. The van der Waals surface area contributed by atoms with Crippen LogP contribution in [-0.2, 0) is 0 Å². The van der Waals surface area contributed by atoms with Gasteiger partial charge in [-0.3, -0.25) is 0 Å². The maximum absolute atomic E-state index is 11.4. The van der Waals surface area contributed by atoms with Crippen molar-refractivity contribution in [2.75, 3.05) is 19.8 Å². The van der Waals surface area contributed by atoms with Crippen molar-refractivity contribution in [3.8, 4) is 68.7 Å². The number of benzene rings is 3. The van der Waals surface area contributed by atoms with Gasteiger partial charge in [0.1, 0.15) is 34.5 Å². The van der Waals surface area contributed by atoms with E-state index in [1.807, 2.05) is 18.2 Å². The molecule has 0 bridgehead atoms. The summed E-state index contributed by atoms with van der Waals surface area (Å²) in [5.74, 6) is 2.32. The number of phenols is 3. The zero-order valence-corrected chi connectivity index (χ0v) is 34.8. The zero-order valence-electron chi connectivity index (χ0n) is 32.0. The minimum Gasteiger partial charge on any atom is -0.507 e. The smallest absolute Gasteiger partial charge is 0.167 e. The van der Waals surface area contributed by atoms with Gasteiger partial charge >= 0.3 is 0 Å². The number of ether oxygens (including phenoxy) is 3. The van der Waals surface area contributed by atoms with E-state index in [-0.39, 0.29) is 58.6 Å². The molecule has 52 heavy (non-hydrogen) atoms. The Balaban J connectivity index is 0.00000729. The molecule has 0 unspecified atom stereocenters. The number of nitrogens with zero attached hydrogens (tertiary/aromatic N) is 3. The molecule has 0 saturated carbocycles. The van der Waals surface area contributed by atoms with Crippen LogP contribution in [0.15, 0.2) is 36.4 Å². The van der Waals surface area contributed by atoms with E-state index in [1.165, 1.54) is 0 Å². The fraction of sp³-hybridized carbons (Fsp3) is 0.500. The summed E-state index contributed by atoms with van der Waals surface area (Å²) in [6.45, 7) is 13.6. The van der Waals surface area contributed by atoms with Crippen LogP contribution in [0.25, 0.3) is 34.2 Å². The molecule has 0 aliphatic heterocycles. The van der Waals surface area contributed by atoms with Gasteiger partial charge in [-0.05, 0) is 76.4 Å². The summed E-state index contributed by atoms with van der Waals surface area (Å²) in [7, 11) is 0. The predicted molar refractivity (Wildman–Crippen MR) is 210 cm³/mol. The summed E-state index contributed by atoms with van der Waals surface area (Å²) in [6.07, 6.45) is 13.0. The van der Waals surface area contributed by atoms with Crippen molar-refractivity contribution in [2.45, 2.75) is 119 Å². The first-order valence-electron chi connectivity index (χ1n) is 18.8. The molecule has 1 aromatic heterocycles. The fourth-order valence-electron chi connectivity index (χ4n) is 5.93. The monoisotopic (exact) mass is 819 g/mol. The van der Waals surface area contributed by atoms with Gasteiger partial charge in [0.15, 0.2) is 17.5 Å². The van der Waals surface area contributed by atoms with E-state index in [2.05, 4.69) is 20.8 Å². The molecule has 0 amide bonds. The van der Waals surface area contributed by atoms with Crippen molar-refractivity contribution < 1.29 is 29.5 Å². The molecular formula is C42H57N3O6Sn. The Hall–Kier alpha value is -3.73. The topological polar surface area (TPSA) is 127 Å². The Morgan fingerprint density at radius 3 is 0.942 bits per heavy atom. The largest absolute Gasteiger partial charge is 0.507 e. The maximum atomic E-state index is 11.4. The Kier molecular flexibility index (Phi) is 17.8. The van der Waals surface area contributed by atoms with Gasteiger partial charge in [-0.1, -0.05) is 78.6 Å².